The highest BCUT2D eigenvalue weighted by Gasteiger charge is 2.27. The Balaban J connectivity index is 1.17. The summed E-state index contributed by atoms with van der Waals surface area (Å²) in [6.45, 7) is 0. The van der Waals surface area contributed by atoms with Crippen LogP contribution in [0.5, 0.6) is 0 Å². The first-order valence-electron chi connectivity index (χ1n) is 21.8. The predicted molar refractivity (Wildman–Crippen MR) is 269 cm³/mol. The summed E-state index contributed by atoms with van der Waals surface area (Å²) >= 11 is 0. The zero-order valence-corrected chi connectivity index (χ0v) is 34.5. The van der Waals surface area contributed by atoms with E-state index in [9.17, 15) is 0 Å². The zero-order valence-electron chi connectivity index (χ0n) is 34.5. The summed E-state index contributed by atoms with van der Waals surface area (Å²) in [4.78, 5) is 2.51. The first-order valence-corrected chi connectivity index (χ1v) is 21.8. The highest BCUT2D eigenvalue weighted by molar-refractivity contribution is 6.33. The maximum absolute atomic E-state index is 2.51. The Bertz CT molecular complexity index is 3740. The number of hydrogen-bond donors (Lipinski definition) is 0. The van der Waals surface area contributed by atoms with Crippen LogP contribution in [0.4, 0.5) is 17.1 Å². The van der Waals surface area contributed by atoms with Crippen LogP contribution in [0.25, 0.3) is 109 Å². The van der Waals surface area contributed by atoms with E-state index in [1.165, 1.54) is 109 Å². The number of hydrogen-bond acceptors (Lipinski definition) is 1. The molecule has 0 atom stereocenters. The lowest BCUT2D eigenvalue weighted by molar-refractivity contribution is 1.32. The van der Waals surface area contributed by atoms with Crippen LogP contribution >= 0.6 is 0 Å². The minimum Gasteiger partial charge on any atom is -0.309 e. The summed E-state index contributed by atoms with van der Waals surface area (Å²) < 4.78 is 0. The number of anilines is 3. The first kappa shape index (κ1) is 35.5. The lowest BCUT2D eigenvalue weighted by Gasteiger charge is -2.29. The van der Waals surface area contributed by atoms with Gasteiger partial charge >= 0.3 is 0 Å². The van der Waals surface area contributed by atoms with Crippen LogP contribution in [0.15, 0.2) is 237 Å². The fourth-order valence-corrected chi connectivity index (χ4v) is 10.7. The van der Waals surface area contributed by atoms with Crippen molar-refractivity contribution in [3.05, 3.63) is 237 Å². The molecule has 0 unspecified atom stereocenters. The van der Waals surface area contributed by atoms with E-state index >= 15 is 0 Å². The molecule has 0 aliphatic heterocycles. The molecular weight excluding hydrogens is 759 g/mol. The zero-order chi connectivity index (χ0) is 41.4. The summed E-state index contributed by atoms with van der Waals surface area (Å²) in [5, 5.41) is 12.4. The van der Waals surface area contributed by atoms with Crippen molar-refractivity contribution >= 4 is 70.9 Å². The van der Waals surface area contributed by atoms with Crippen molar-refractivity contribution in [2.24, 2.45) is 0 Å². The monoisotopic (exact) mass is 797 g/mol. The van der Waals surface area contributed by atoms with Crippen LogP contribution < -0.4 is 4.90 Å². The van der Waals surface area contributed by atoms with Crippen molar-refractivity contribution in [1.29, 1.82) is 0 Å². The van der Waals surface area contributed by atoms with Gasteiger partial charge in [0, 0.05) is 16.5 Å². The van der Waals surface area contributed by atoms with Crippen LogP contribution in [-0.2, 0) is 0 Å². The third-order valence-electron chi connectivity index (χ3n) is 13.4. The Morgan fingerprint density at radius 3 is 1.51 bits per heavy atom. The highest BCUT2D eigenvalue weighted by Crippen LogP contribution is 2.53. The van der Waals surface area contributed by atoms with Crippen LogP contribution in [0.2, 0.25) is 0 Å². The van der Waals surface area contributed by atoms with Gasteiger partial charge in [-0.1, -0.05) is 206 Å². The third kappa shape index (κ3) is 5.43. The number of rotatable bonds is 6. The molecule has 1 nitrogen and oxygen atoms in total. The van der Waals surface area contributed by atoms with Gasteiger partial charge < -0.3 is 4.90 Å². The Kier molecular flexibility index (Phi) is 7.98. The minimum atomic E-state index is 1.11. The number of nitrogens with zero attached hydrogens (tertiary/aromatic N) is 1. The molecule has 12 aromatic carbocycles. The summed E-state index contributed by atoms with van der Waals surface area (Å²) in [7, 11) is 0. The molecular formula is C62H39N. The lowest BCUT2D eigenvalue weighted by atomic mass is 9.81. The van der Waals surface area contributed by atoms with Gasteiger partial charge in [0.05, 0.1) is 11.4 Å². The van der Waals surface area contributed by atoms with E-state index in [0.717, 1.165) is 17.1 Å². The summed E-state index contributed by atoms with van der Waals surface area (Å²) in [5.74, 6) is 0. The second-order valence-electron chi connectivity index (χ2n) is 16.7. The van der Waals surface area contributed by atoms with Crippen LogP contribution in [0, 0.1) is 0 Å². The summed E-state index contributed by atoms with van der Waals surface area (Å²) in [6, 6.07) is 87.4. The van der Waals surface area contributed by atoms with Gasteiger partial charge in [0.2, 0.25) is 0 Å². The minimum absolute atomic E-state index is 1.11. The molecule has 292 valence electrons. The molecule has 0 N–H and O–H groups in total. The van der Waals surface area contributed by atoms with Gasteiger partial charge in [-0.15, -0.1) is 0 Å². The summed E-state index contributed by atoms with van der Waals surface area (Å²) in [5.41, 5.74) is 15.9. The van der Waals surface area contributed by atoms with E-state index < -0.39 is 0 Å². The van der Waals surface area contributed by atoms with E-state index in [2.05, 4.69) is 241 Å². The van der Waals surface area contributed by atoms with E-state index in [1.54, 1.807) is 0 Å². The normalized spacial score (nSPS) is 11.8. The molecule has 63 heavy (non-hydrogen) atoms. The van der Waals surface area contributed by atoms with Gasteiger partial charge in [-0.25, -0.2) is 0 Å². The molecule has 0 saturated heterocycles. The molecule has 1 aliphatic carbocycles. The fourth-order valence-electron chi connectivity index (χ4n) is 10.7. The summed E-state index contributed by atoms with van der Waals surface area (Å²) in [6.07, 6.45) is 0. The Morgan fingerprint density at radius 1 is 0.238 bits per heavy atom. The van der Waals surface area contributed by atoms with E-state index in [-0.39, 0.29) is 0 Å². The molecule has 13 rings (SSSR count). The largest absolute Gasteiger partial charge is 0.309 e. The molecule has 1 heteroatoms. The van der Waals surface area contributed by atoms with Crippen molar-refractivity contribution in [3.8, 4) is 55.6 Å². The smallest absolute Gasteiger partial charge is 0.0540 e. The SMILES string of the molecule is c1ccc(-c2cc(-c3ccccc3)c3c4ccccc4c4cc(N(c5cccc6ccccc56)c5ccc6c7c(cccc57)-c5ccccc5-6)ccc4c3c2-c2ccccc2)cc1. The van der Waals surface area contributed by atoms with Crippen molar-refractivity contribution < 1.29 is 0 Å². The fraction of sp³-hybridized carbons (Fsp3) is 0. The van der Waals surface area contributed by atoms with Crippen molar-refractivity contribution in [2.45, 2.75) is 0 Å². The van der Waals surface area contributed by atoms with Crippen LogP contribution in [0.3, 0.4) is 0 Å². The van der Waals surface area contributed by atoms with E-state index in [1.807, 2.05) is 0 Å². The van der Waals surface area contributed by atoms with Gasteiger partial charge in [0.15, 0.2) is 0 Å². The highest BCUT2D eigenvalue weighted by atomic mass is 15.1. The molecule has 0 amide bonds. The molecule has 0 fully saturated rings. The van der Waals surface area contributed by atoms with Gasteiger partial charge in [0.25, 0.3) is 0 Å². The molecule has 0 heterocycles. The van der Waals surface area contributed by atoms with Gasteiger partial charge in [-0.3, -0.25) is 0 Å². The van der Waals surface area contributed by atoms with Gasteiger partial charge in [-0.2, -0.15) is 0 Å². The first-order chi connectivity index (χ1) is 31.3. The molecule has 0 aromatic heterocycles. The second kappa shape index (κ2) is 14.2. The van der Waals surface area contributed by atoms with E-state index in [0.29, 0.717) is 0 Å². The third-order valence-corrected chi connectivity index (χ3v) is 13.4. The van der Waals surface area contributed by atoms with E-state index in [4.69, 9.17) is 0 Å². The topological polar surface area (TPSA) is 3.24 Å². The molecule has 0 spiro atoms. The maximum Gasteiger partial charge on any atom is 0.0540 e. The van der Waals surface area contributed by atoms with Gasteiger partial charge in [-0.05, 0) is 129 Å². The number of fused-ring (bicyclic) bond motifs is 10. The Hall–Kier alpha value is -8.26. The quantitative estimate of drug-likeness (QED) is 0.152. The molecule has 0 radical (unpaired) electrons. The van der Waals surface area contributed by atoms with Crippen molar-refractivity contribution in [2.75, 3.05) is 4.90 Å². The van der Waals surface area contributed by atoms with Crippen LogP contribution in [0.1, 0.15) is 0 Å². The standard InChI is InChI=1S/C62H39N/c1-4-18-41(19-5-1)54-39-55(42-20-6-2-7-21-42)61-50-30-15-14-29-48(50)56-38-44(34-35-52(56)62(61)59(54)43-23-8-3-9-24-43)63(57-33-16-25-40-22-10-11-26-45(40)57)58-37-36-51-47-28-13-12-27-46(47)49-31-17-32-53(58)60(49)51/h1-39H. The van der Waals surface area contributed by atoms with Gasteiger partial charge in [0.1, 0.15) is 0 Å². The average molecular weight is 798 g/mol. The Labute approximate surface area is 366 Å². The molecule has 1 aliphatic rings. The van der Waals surface area contributed by atoms with Crippen molar-refractivity contribution in [3.63, 3.8) is 0 Å². The second-order valence-corrected chi connectivity index (χ2v) is 16.7. The number of benzene rings is 12. The average Bonchev–Trinajstić information content (AvgIpc) is 3.69. The molecule has 12 aromatic rings. The predicted octanol–water partition coefficient (Wildman–Crippen LogP) is 17.6. The lowest BCUT2D eigenvalue weighted by Crippen LogP contribution is -2.11. The van der Waals surface area contributed by atoms with Crippen molar-refractivity contribution in [1.82, 2.24) is 0 Å². The molecule has 0 bridgehead atoms. The Morgan fingerprint density at radius 2 is 0.762 bits per heavy atom. The maximum atomic E-state index is 2.51. The molecule has 0 saturated carbocycles. The van der Waals surface area contributed by atoms with Crippen LogP contribution in [-0.4, -0.2) is 0 Å².